The molecule has 15 N–H and O–H groups in total. The number of carbonyl (C=O) groups excluding carboxylic acids is 9. The Morgan fingerprint density at radius 2 is 0.635 bits per heavy atom. The monoisotopic (exact) mass is 1490 g/mol. The van der Waals surface area contributed by atoms with Crippen molar-refractivity contribution in [1.29, 1.82) is 0 Å². The maximum atomic E-state index is 14.5. The zero-order valence-corrected chi connectivity index (χ0v) is 66.9. The summed E-state index contributed by atoms with van der Waals surface area (Å²) in [6.07, 6.45) is 50.4. The van der Waals surface area contributed by atoms with Crippen molar-refractivity contribution in [1.82, 2.24) is 31.9 Å². The molecule has 0 aliphatic rings. The number of hydrogen-bond acceptors (Lipinski definition) is 17. The van der Waals surface area contributed by atoms with Crippen LogP contribution in [0.3, 0.4) is 0 Å². The molecule has 7 atom stereocenters. The van der Waals surface area contributed by atoms with Gasteiger partial charge in [0.05, 0.1) is 12.6 Å². The van der Waals surface area contributed by atoms with Crippen molar-refractivity contribution in [3.05, 3.63) is 0 Å². The van der Waals surface area contributed by atoms with E-state index in [2.05, 4.69) is 52.7 Å². The topological polar surface area (TPSA) is 369 Å². The number of thioether (sulfide) groups is 1. The van der Waals surface area contributed by atoms with Gasteiger partial charge in [-0.1, -0.05) is 252 Å². The van der Waals surface area contributed by atoms with E-state index in [1.807, 2.05) is 0 Å². The molecule has 0 bridgehead atoms. The van der Waals surface area contributed by atoms with Crippen LogP contribution < -0.4 is 54.8 Å². The first-order valence-electron chi connectivity index (χ1n) is 42.3. The second-order valence-corrected chi connectivity index (χ2v) is 30.3. The Hall–Kier alpha value is -4.42. The molecule has 23 heteroatoms. The van der Waals surface area contributed by atoms with Crippen molar-refractivity contribution in [2.45, 2.75) is 410 Å². The Morgan fingerprint density at radius 3 is 0.981 bits per heavy atom. The number of esters is 2. The Morgan fingerprint density at radius 1 is 0.337 bits per heavy atom. The smallest absolute Gasteiger partial charge is 0.306 e. The van der Waals surface area contributed by atoms with Crippen LogP contribution in [0.2, 0.25) is 0 Å². The number of aldehydes is 1. The van der Waals surface area contributed by atoms with Crippen LogP contribution in [0.5, 0.6) is 0 Å². The van der Waals surface area contributed by atoms with Gasteiger partial charge in [-0.05, 0) is 122 Å². The average Bonchev–Trinajstić information content (AvgIpc) is 0.866. The van der Waals surface area contributed by atoms with E-state index in [0.717, 1.165) is 64.2 Å². The van der Waals surface area contributed by atoms with Gasteiger partial charge in [-0.2, -0.15) is 11.8 Å². The predicted octanol–water partition coefficient (Wildman–Crippen LogP) is 13.2. The van der Waals surface area contributed by atoms with E-state index in [1.54, 1.807) is 0 Å². The molecule has 22 nitrogen and oxygen atoms in total. The van der Waals surface area contributed by atoms with Gasteiger partial charge >= 0.3 is 11.9 Å². The molecule has 0 aromatic rings. The molecule has 0 heterocycles. The van der Waals surface area contributed by atoms with Gasteiger partial charge in [0.2, 0.25) is 35.4 Å². The quantitative estimate of drug-likeness (QED) is 0.0153. The van der Waals surface area contributed by atoms with Crippen molar-refractivity contribution in [2.24, 2.45) is 22.9 Å². The third-order valence-corrected chi connectivity index (χ3v) is 20.6. The standard InChI is InChI=1S/C81H156N10O12S/c1-4-7-10-13-16-19-22-25-28-31-34-37-40-55-74(94)87-73(66-104-65-68(103-76(96)57-42-39-36-33-30-27-24-21-18-15-12-9-6-3)64-102-75(95)56-41-38-35-32-29-26-23-20-17-14-11-8-5-2)81(101)91-72(63-93)80(100)90-71(54-46-50-61-85)79(99)89-70(53-45-49-60-84)78(98)88-69(52-44-48-59-83)77(97)86-67(62-92)51-43-47-58-82/h62,67-73,93H,4-61,63-66,82-85H2,1-3H3,(H,86,97)(H,87,94)(H,88,98)(H,89,99)(H,90,100)(H,91,101)/t67-,68+,69?,70-,71?,72-,73-/m0/s1. The summed E-state index contributed by atoms with van der Waals surface area (Å²) in [5, 5.41) is 27.3. The number of ether oxygens (including phenoxy) is 2. The van der Waals surface area contributed by atoms with Crippen LogP contribution in [0.4, 0.5) is 0 Å². The molecule has 2 unspecified atom stereocenters. The van der Waals surface area contributed by atoms with Gasteiger partial charge in [-0.3, -0.25) is 38.4 Å². The van der Waals surface area contributed by atoms with Gasteiger partial charge in [0.25, 0.3) is 0 Å². The van der Waals surface area contributed by atoms with Gasteiger partial charge in [-0.15, -0.1) is 0 Å². The van der Waals surface area contributed by atoms with Crippen LogP contribution in [0.1, 0.15) is 367 Å². The lowest BCUT2D eigenvalue weighted by molar-refractivity contribution is -0.157. The molecular weight excluding hydrogens is 1340 g/mol. The van der Waals surface area contributed by atoms with Crippen LogP contribution in [0.25, 0.3) is 0 Å². The molecular formula is C81H156N10O12S. The molecule has 0 radical (unpaired) electrons. The number of nitrogens with one attached hydrogen (secondary N) is 6. The third-order valence-electron chi connectivity index (χ3n) is 19.5. The van der Waals surface area contributed by atoms with Gasteiger partial charge < -0.3 is 74.2 Å². The second-order valence-electron chi connectivity index (χ2n) is 29.2. The summed E-state index contributed by atoms with van der Waals surface area (Å²) in [6, 6.07) is -7.20. The van der Waals surface area contributed by atoms with Crippen LogP contribution >= 0.6 is 11.8 Å². The lowest BCUT2D eigenvalue weighted by atomic mass is 10.0. The second kappa shape index (κ2) is 74.1. The number of hydrogen-bond donors (Lipinski definition) is 11. The number of unbranched alkanes of at least 4 members (excludes halogenated alkanes) is 40. The van der Waals surface area contributed by atoms with Gasteiger partial charge in [0.15, 0.2) is 0 Å². The highest BCUT2D eigenvalue weighted by atomic mass is 32.2. The summed E-state index contributed by atoms with van der Waals surface area (Å²) >= 11 is 1.21. The molecule has 0 aromatic carbocycles. The Bertz CT molecular complexity index is 2120. The van der Waals surface area contributed by atoms with E-state index in [1.165, 1.54) is 179 Å². The lowest BCUT2D eigenvalue weighted by Crippen LogP contribution is -2.60. The minimum atomic E-state index is -1.60. The molecule has 0 saturated heterocycles. The number of rotatable bonds is 78. The molecule has 608 valence electrons. The fourth-order valence-electron chi connectivity index (χ4n) is 12.8. The van der Waals surface area contributed by atoms with Crippen molar-refractivity contribution in [3.8, 4) is 0 Å². The molecule has 104 heavy (non-hydrogen) atoms. The van der Waals surface area contributed by atoms with E-state index in [0.29, 0.717) is 103 Å². The zero-order valence-electron chi connectivity index (χ0n) is 66.1. The summed E-state index contributed by atoms with van der Waals surface area (Å²) in [5.41, 5.74) is 23.1. The zero-order chi connectivity index (χ0) is 76.6. The molecule has 0 aromatic heterocycles. The first-order chi connectivity index (χ1) is 50.7. The fourth-order valence-corrected chi connectivity index (χ4v) is 13.8. The highest BCUT2D eigenvalue weighted by molar-refractivity contribution is 7.99. The minimum absolute atomic E-state index is 0.0461. The summed E-state index contributed by atoms with van der Waals surface area (Å²) in [5.74, 6) is -4.78. The fraction of sp³-hybridized carbons (Fsp3) is 0.889. The van der Waals surface area contributed by atoms with E-state index in [4.69, 9.17) is 32.4 Å². The SMILES string of the molecule is CCCCCCCCCCCCCCCC(=O)N[C@@H](CSC[C@@H](COC(=O)CCCCCCCCCCCCCCC)OC(=O)CCCCCCCCCCCCCCC)C(=O)N[C@@H](CO)C(=O)NC(CCCCN)C(=O)N[C@@H](CCCCN)C(=O)NC(CCCCN)C(=O)N[C@H](C=O)CCCCN. The maximum absolute atomic E-state index is 14.5. The van der Waals surface area contributed by atoms with Crippen LogP contribution in [-0.2, 0) is 52.6 Å². The van der Waals surface area contributed by atoms with E-state index < -0.39 is 84.5 Å². The first kappa shape index (κ1) is 99.6. The van der Waals surface area contributed by atoms with Crippen molar-refractivity contribution < 1.29 is 57.7 Å². The molecule has 0 fully saturated rings. The molecule has 0 saturated carbocycles. The van der Waals surface area contributed by atoms with Crippen molar-refractivity contribution in [2.75, 3.05) is 50.9 Å². The summed E-state index contributed by atoms with van der Waals surface area (Å²) in [7, 11) is 0. The number of nitrogens with two attached hydrogens (primary N) is 4. The Kier molecular flexibility index (Phi) is 70.9. The van der Waals surface area contributed by atoms with Gasteiger partial charge in [0, 0.05) is 30.8 Å². The molecule has 0 aliphatic heterocycles. The number of aliphatic hydroxyl groups excluding tert-OH is 1. The van der Waals surface area contributed by atoms with E-state index in [9.17, 15) is 48.3 Å². The van der Waals surface area contributed by atoms with E-state index in [-0.39, 0.29) is 75.1 Å². The van der Waals surface area contributed by atoms with Gasteiger partial charge in [-0.25, -0.2) is 0 Å². The number of carbonyl (C=O) groups is 9. The lowest BCUT2D eigenvalue weighted by Gasteiger charge is -2.27. The molecule has 0 aliphatic carbocycles. The van der Waals surface area contributed by atoms with Crippen LogP contribution in [0, 0.1) is 0 Å². The average molecular weight is 1490 g/mol. The molecule has 0 rings (SSSR count). The number of aliphatic hydroxyl groups is 1. The van der Waals surface area contributed by atoms with Gasteiger partial charge in [0.1, 0.15) is 49.2 Å². The van der Waals surface area contributed by atoms with E-state index >= 15 is 0 Å². The highest BCUT2D eigenvalue weighted by Crippen LogP contribution is 2.19. The Labute approximate surface area is 635 Å². The van der Waals surface area contributed by atoms with Crippen molar-refractivity contribution >= 4 is 65.4 Å². The third kappa shape index (κ3) is 59.6. The number of amides is 6. The normalized spacial score (nSPS) is 13.4. The minimum Gasteiger partial charge on any atom is -0.462 e. The summed E-state index contributed by atoms with van der Waals surface area (Å²) in [6.45, 7) is 7.00. The largest absolute Gasteiger partial charge is 0.462 e. The predicted molar refractivity (Wildman–Crippen MR) is 425 cm³/mol. The van der Waals surface area contributed by atoms with Crippen LogP contribution in [0.15, 0.2) is 0 Å². The summed E-state index contributed by atoms with van der Waals surface area (Å²) < 4.78 is 11.8. The molecule has 0 spiro atoms. The first-order valence-corrected chi connectivity index (χ1v) is 43.4. The van der Waals surface area contributed by atoms with Crippen LogP contribution in [-0.4, -0.2) is 152 Å². The Balaban J connectivity index is 6.58. The summed E-state index contributed by atoms with van der Waals surface area (Å²) in [4.78, 5) is 124. The highest BCUT2D eigenvalue weighted by Gasteiger charge is 2.33. The molecule has 6 amide bonds. The maximum Gasteiger partial charge on any atom is 0.306 e. The van der Waals surface area contributed by atoms with Crippen molar-refractivity contribution in [3.63, 3.8) is 0 Å².